The van der Waals surface area contributed by atoms with Crippen molar-refractivity contribution in [3.8, 4) is 0 Å². The van der Waals surface area contributed by atoms with Crippen molar-refractivity contribution in [2.24, 2.45) is 5.92 Å². The maximum absolute atomic E-state index is 13.8. The number of aromatic nitrogens is 2. The third kappa shape index (κ3) is 4.94. The number of halogens is 1. The lowest BCUT2D eigenvalue weighted by Crippen LogP contribution is -2.33. The lowest BCUT2D eigenvalue weighted by molar-refractivity contribution is -0.113. The molecule has 0 spiro atoms. The molecule has 0 aliphatic carbocycles. The Hall–Kier alpha value is -2.15. The topological polar surface area (TPSA) is 58.1 Å². The standard InChI is InChI=1S/C19H23FN4OS/c1-13-5-7-24(8-6-13)17-10-19(22-12-21-17)26-11-18(25)23-16-4-3-14(2)9-15(16)20/h3-4,9-10,12-13H,5-8,11H2,1-2H3,(H,23,25). The number of thioether (sulfide) groups is 1. The molecule has 1 amide bonds. The minimum atomic E-state index is -0.424. The highest BCUT2D eigenvalue weighted by atomic mass is 32.2. The van der Waals surface area contributed by atoms with Crippen molar-refractivity contribution in [2.75, 3.05) is 29.1 Å². The number of rotatable bonds is 5. The van der Waals surface area contributed by atoms with Crippen molar-refractivity contribution < 1.29 is 9.18 Å². The fraction of sp³-hybridized carbons (Fsp3) is 0.421. The highest BCUT2D eigenvalue weighted by Crippen LogP contribution is 2.24. The van der Waals surface area contributed by atoms with E-state index >= 15 is 0 Å². The van der Waals surface area contributed by atoms with Gasteiger partial charge >= 0.3 is 0 Å². The van der Waals surface area contributed by atoms with Crippen LogP contribution in [0.3, 0.4) is 0 Å². The van der Waals surface area contributed by atoms with Crippen molar-refractivity contribution in [2.45, 2.75) is 31.7 Å². The minimum absolute atomic E-state index is 0.167. The largest absolute Gasteiger partial charge is 0.356 e. The van der Waals surface area contributed by atoms with Gasteiger partial charge in [-0.25, -0.2) is 14.4 Å². The molecule has 2 heterocycles. The van der Waals surface area contributed by atoms with Crippen LogP contribution in [-0.4, -0.2) is 34.7 Å². The number of carbonyl (C=O) groups excluding carboxylic acids is 1. The van der Waals surface area contributed by atoms with Crippen molar-refractivity contribution in [3.05, 3.63) is 42.0 Å². The van der Waals surface area contributed by atoms with Gasteiger partial charge in [0.05, 0.1) is 11.4 Å². The quantitative estimate of drug-likeness (QED) is 0.636. The zero-order valence-corrected chi connectivity index (χ0v) is 15.9. The molecule has 1 aliphatic rings. The summed E-state index contributed by atoms with van der Waals surface area (Å²) in [6, 6.07) is 6.66. The summed E-state index contributed by atoms with van der Waals surface area (Å²) in [4.78, 5) is 22.9. The zero-order chi connectivity index (χ0) is 18.5. The molecule has 1 N–H and O–H groups in total. The molecule has 0 atom stereocenters. The van der Waals surface area contributed by atoms with E-state index in [0.717, 1.165) is 48.3 Å². The second kappa shape index (κ2) is 8.49. The Balaban J connectivity index is 1.56. The first-order valence-corrected chi connectivity index (χ1v) is 9.75. The first-order chi connectivity index (χ1) is 12.5. The van der Waals surface area contributed by atoms with E-state index in [4.69, 9.17) is 0 Å². The molecule has 0 unspecified atom stereocenters. The van der Waals surface area contributed by atoms with Crippen molar-refractivity contribution in [3.63, 3.8) is 0 Å². The first-order valence-electron chi connectivity index (χ1n) is 8.77. The van der Waals surface area contributed by atoms with E-state index in [1.807, 2.05) is 6.07 Å². The highest BCUT2D eigenvalue weighted by molar-refractivity contribution is 7.99. The van der Waals surface area contributed by atoms with Gasteiger partial charge in [-0.3, -0.25) is 4.79 Å². The summed E-state index contributed by atoms with van der Waals surface area (Å²) >= 11 is 1.32. The number of hydrogen-bond donors (Lipinski definition) is 1. The molecule has 0 bridgehead atoms. The van der Waals surface area contributed by atoms with Gasteiger partial charge in [-0.2, -0.15) is 0 Å². The third-order valence-electron chi connectivity index (χ3n) is 4.49. The molecular weight excluding hydrogens is 351 g/mol. The zero-order valence-electron chi connectivity index (χ0n) is 15.0. The van der Waals surface area contributed by atoms with Crippen LogP contribution < -0.4 is 10.2 Å². The number of piperidine rings is 1. The highest BCUT2D eigenvalue weighted by Gasteiger charge is 2.17. The molecule has 0 saturated carbocycles. The lowest BCUT2D eigenvalue weighted by atomic mass is 9.99. The van der Waals surface area contributed by atoms with Gasteiger partial charge in [0.2, 0.25) is 5.91 Å². The van der Waals surface area contributed by atoms with Gasteiger partial charge in [-0.15, -0.1) is 0 Å². The number of nitrogens with one attached hydrogen (secondary N) is 1. The molecule has 1 fully saturated rings. The average Bonchev–Trinajstić information content (AvgIpc) is 2.63. The van der Waals surface area contributed by atoms with Crippen LogP contribution in [0.2, 0.25) is 0 Å². The molecule has 5 nitrogen and oxygen atoms in total. The summed E-state index contributed by atoms with van der Waals surface area (Å²) in [5.41, 5.74) is 1.02. The van der Waals surface area contributed by atoms with E-state index in [1.54, 1.807) is 19.1 Å². The number of amides is 1. The Morgan fingerprint density at radius 1 is 1.31 bits per heavy atom. The van der Waals surface area contributed by atoms with E-state index in [0.29, 0.717) is 0 Å². The normalized spacial score (nSPS) is 15.1. The van der Waals surface area contributed by atoms with Gasteiger partial charge in [-0.05, 0) is 43.4 Å². The predicted molar refractivity (Wildman–Crippen MR) is 103 cm³/mol. The molecule has 0 radical (unpaired) electrons. The Kier molecular flexibility index (Phi) is 6.08. The summed E-state index contributed by atoms with van der Waals surface area (Å²) in [6.45, 7) is 6.07. The van der Waals surface area contributed by atoms with E-state index < -0.39 is 5.82 Å². The van der Waals surface area contributed by atoms with Crippen LogP contribution in [0.1, 0.15) is 25.3 Å². The van der Waals surface area contributed by atoms with Crippen LogP contribution in [0.25, 0.3) is 0 Å². The van der Waals surface area contributed by atoms with Crippen LogP contribution in [0.4, 0.5) is 15.9 Å². The van der Waals surface area contributed by atoms with Crippen molar-refractivity contribution in [1.29, 1.82) is 0 Å². The fourth-order valence-electron chi connectivity index (χ4n) is 2.87. The molecular formula is C19H23FN4OS. The number of anilines is 2. The SMILES string of the molecule is Cc1ccc(NC(=O)CSc2cc(N3CCC(C)CC3)ncn2)c(F)c1. The van der Waals surface area contributed by atoms with Crippen molar-refractivity contribution >= 4 is 29.2 Å². The van der Waals surface area contributed by atoms with Gasteiger partial charge in [0.1, 0.15) is 23.0 Å². The molecule has 3 rings (SSSR count). The summed E-state index contributed by atoms with van der Waals surface area (Å²) in [6.07, 6.45) is 3.86. The van der Waals surface area contributed by atoms with E-state index in [9.17, 15) is 9.18 Å². The molecule has 1 aromatic carbocycles. The molecule has 2 aromatic rings. The fourth-order valence-corrected chi connectivity index (χ4v) is 3.53. The van der Waals surface area contributed by atoms with Gasteiger partial charge in [-0.1, -0.05) is 24.8 Å². The Labute approximate surface area is 157 Å². The number of aryl methyl sites for hydroxylation is 1. The second-order valence-corrected chi connectivity index (χ2v) is 7.70. The summed E-state index contributed by atoms with van der Waals surface area (Å²) in [5, 5.41) is 3.35. The molecule has 1 aromatic heterocycles. The number of nitrogens with zero attached hydrogens (tertiary/aromatic N) is 3. The Morgan fingerprint density at radius 3 is 2.81 bits per heavy atom. The predicted octanol–water partition coefficient (Wildman–Crippen LogP) is 3.89. The molecule has 1 aliphatic heterocycles. The third-order valence-corrected chi connectivity index (χ3v) is 5.41. The first kappa shape index (κ1) is 18.6. The Bertz CT molecular complexity index is 778. The van der Waals surface area contributed by atoms with E-state index in [1.165, 1.54) is 24.2 Å². The van der Waals surface area contributed by atoms with Gasteiger partial charge in [0.15, 0.2) is 0 Å². The smallest absolute Gasteiger partial charge is 0.234 e. The van der Waals surface area contributed by atoms with Crippen LogP contribution in [0.5, 0.6) is 0 Å². The molecule has 26 heavy (non-hydrogen) atoms. The van der Waals surface area contributed by atoms with Crippen LogP contribution in [0, 0.1) is 18.7 Å². The van der Waals surface area contributed by atoms with Gasteiger partial charge < -0.3 is 10.2 Å². The van der Waals surface area contributed by atoms with E-state index in [-0.39, 0.29) is 17.3 Å². The maximum Gasteiger partial charge on any atom is 0.234 e. The summed E-state index contributed by atoms with van der Waals surface area (Å²) < 4.78 is 13.8. The molecule has 138 valence electrons. The monoisotopic (exact) mass is 374 g/mol. The number of hydrogen-bond acceptors (Lipinski definition) is 5. The summed E-state index contributed by atoms with van der Waals surface area (Å²) in [7, 11) is 0. The van der Waals surface area contributed by atoms with Crippen LogP contribution in [-0.2, 0) is 4.79 Å². The van der Waals surface area contributed by atoms with Gasteiger partial charge in [0.25, 0.3) is 0 Å². The van der Waals surface area contributed by atoms with Crippen LogP contribution in [0.15, 0.2) is 35.6 Å². The molecule has 7 heteroatoms. The summed E-state index contributed by atoms with van der Waals surface area (Å²) in [5.74, 6) is 1.14. The Morgan fingerprint density at radius 2 is 2.08 bits per heavy atom. The number of benzene rings is 1. The van der Waals surface area contributed by atoms with Gasteiger partial charge in [0, 0.05) is 19.2 Å². The lowest BCUT2D eigenvalue weighted by Gasteiger charge is -2.31. The minimum Gasteiger partial charge on any atom is -0.356 e. The average molecular weight is 374 g/mol. The van der Waals surface area contributed by atoms with E-state index in [2.05, 4.69) is 27.1 Å². The van der Waals surface area contributed by atoms with Crippen molar-refractivity contribution in [1.82, 2.24) is 9.97 Å². The van der Waals surface area contributed by atoms with Crippen LogP contribution >= 0.6 is 11.8 Å². The molecule has 1 saturated heterocycles. The maximum atomic E-state index is 13.8. The second-order valence-electron chi connectivity index (χ2n) is 6.70. The number of carbonyl (C=O) groups is 1.